The highest BCUT2D eigenvalue weighted by Gasteiger charge is 2.59. The predicted molar refractivity (Wildman–Crippen MR) is 198 cm³/mol. The molecule has 0 radical (unpaired) electrons. The SMILES string of the molecule is CC(C)CCC[C@@H](C)[C@H]1CC[C@H]2[C@@H]3CC=C4CC(OCCOCC5(C(C)(C)C)C=CC=C(C(C)(C)C)C5O)CC[C@]4(C)[C@H]3CC[C@]12C. The lowest BCUT2D eigenvalue weighted by atomic mass is 9.47. The van der Waals surface area contributed by atoms with Crippen molar-refractivity contribution in [3.63, 3.8) is 0 Å². The van der Waals surface area contributed by atoms with Crippen LogP contribution in [0.25, 0.3) is 0 Å². The summed E-state index contributed by atoms with van der Waals surface area (Å²) in [6.07, 6.45) is 23.8. The van der Waals surface area contributed by atoms with Gasteiger partial charge in [-0.05, 0) is 114 Å². The molecular formula is C44H74O3. The van der Waals surface area contributed by atoms with Crippen LogP contribution in [0.4, 0.5) is 0 Å². The Morgan fingerprint density at radius 1 is 0.915 bits per heavy atom. The Morgan fingerprint density at radius 2 is 1.66 bits per heavy atom. The number of fused-ring (bicyclic) bond motifs is 5. The van der Waals surface area contributed by atoms with Gasteiger partial charge in [0.05, 0.1) is 32.0 Å². The van der Waals surface area contributed by atoms with Gasteiger partial charge in [0.15, 0.2) is 0 Å². The first-order valence-electron chi connectivity index (χ1n) is 19.9. The number of aliphatic hydroxyl groups excluding tert-OH is 1. The first kappa shape index (κ1) is 37.4. The Bertz CT molecular complexity index is 1160. The van der Waals surface area contributed by atoms with E-state index in [1.807, 2.05) is 0 Å². The van der Waals surface area contributed by atoms with Crippen LogP contribution in [0.1, 0.15) is 147 Å². The van der Waals surface area contributed by atoms with E-state index in [1.165, 1.54) is 64.2 Å². The molecule has 5 aliphatic rings. The second kappa shape index (κ2) is 14.0. The minimum Gasteiger partial charge on any atom is -0.388 e. The molecule has 0 heterocycles. The monoisotopic (exact) mass is 651 g/mol. The van der Waals surface area contributed by atoms with Gasteiger partial charge in [-0.3, -0.25) is 0 Å². The highest BCUT2D eigenvalue weighted by atomic mass is 16.5. The summed E-state index contributed by atoms with van der Waals surface area (Å²) in [5, 5.41) is 11.6. The van der Waals surface area contributed by atoms with Gasteiger partial charge in [0, 0.05) is 5.41 Å². The molecule has 3 fully saturated rings. The molecule has 5 aliphatic carbocycles. The molecule has 268 valence electrons. The van der Waals surface area contributed by atoms with Crippen molar-refractivity contribution in [3.05, 3.63) is 35.5 Å². The quantitative estimate of drug-likeness (QED) is 0.179. The molecule has 0 spiro atoms. The van der Waals surface area contributed by atoms with Gasteiger partial charge in [0.25, 0.3) is 0 Å². The van der Waals surface area contributed by atoms with Crippen LogP contribution in [-0.2, 0) is 9.47 Å². The molecule has 0 aliphatic heterocycles. The van der Waals surface area contributed by atoms with E-state index in [9.17, 15) is 5.11 Å². The summed E-state index contributed by atoms with van der Waals surface area (Å²) in [7, 11) is 0. The van der Waals surface area contributed by atoms with Crippen LogP contribution < -0.4 is 0 Å². The molecule has 0 aromatic heterocycles. The van der Waals surface area contributed by atoms with Crippen molar-refractivity contribution in [1.29, 1.82) is 0 Å². The minimum absolute atomic E-state index is 0.0879. The minimum atomic E-state index is -0.558. The van der Waals surface area contributed by atoms with Gasteiger partial charge in [-0.15, -0.1) is 0 Å². The number of allylic oxidation sites excluding steroid dienone is 3. The highest BCUT2D eigenvalue weighted by Crippen LogP contribution is 2.67. The smallest absolute Gasteiger partial charge is 0.0876 e. The molecule has 3 unspecified atom stereocenters. The fourth-order valence-electron chi connectivity index (χ4n) is 11.8. The lowest BCUT2D eigenvalue weighted by Gasteiger charge is -2.58. The Balaban J connectivity index is 1.14. The summed E-state index contributed by atoms with van der Waals surface area (Å²) in [6.45, 7) is 27.6. The summed E-state index contributed by atoms with van der Waals surface area (Å²) in [5.41, 5.74) is 3.03. The standard InChI is InChI=1S/C44H74O3/c1-30(2)14-12-15-31(3)35-19-20-36-34-18-17-32-28-33(21-24-42(32,10)37(34)22-25-43(35,36)11)47-27-26-46-29-44(41(7,8)9)23-13-16-38(39(44)45)40(4,5)6/h13,16-17,23,30-31,33-37,39,45H,12,14-15,18-22,24-29H2,1-11H3/t31-,33?,34+,35-,36+,37+,39?,42+,43-,44?/m1/s1. The third-order valence-electron chi connectivity index (χ3n) is 14.9. The summed E-state index contributed by atoms with van der Waals surface area (Å²) < 4.78 is 12.9. The van der Waals surface area contributed by atoms with Crippen molar-refractivity contribution < 1.29 is 14.6 Å². The average Bonchev–Trinajstić information content (AvgIpc) is 3.33. The van der Waals surface area contributed by atoms with Gasteiger partial charge < -0.3 is 14.6 Å². The van der Waals surface area contributed by atoms with Crippen molar-refractivity contribution in [1.82, 2.24) is 0 Å². The third kappa shape index (κ3) is 7.17. The summed E-state index contributed by atoms with van der Waals surface area (Å²) in [4.78, 5) is 0. The maximum atomic E-state index is 11.6. The van der Waals surface area contributed by atoms with E-state index in [4.69, 9.17) is 9.47 Å². The second-order valence-corrected chi connectivity index (χ2v) is 20.0. The van der Waals surface area contributed by atoms with Crippen LogP contribution >= 0.6 is 0 Å². The fraction of sp³-hybridized carbons (Fsp3) is 0.864. The number of hydrogen-bond acceptors (Lipinski definition) is 3. The van der Waals surface area contributed by atoms with Crippen LogP contribution in [0.2, 0.25) is 0 Å². The van der Waals surface area contributed by atoms with Crippen molar-refractivity contribution in [2.75, 3.05) is 19.8 Å². The van der Waals surface area contributed by atoms with E-state index in [1.54, 1.807) is 5.57 Å². The van der Waals surface area contributed by atoms with Crippen molar-refractivity contribution >= 4 is 0 Å². The molecule has 0 saturated heterocycles. The molecule has 5 rings (SSSR count). The second-order valence-electron chi connectivity index (χ2n) is 20.0. The van der Waals surface area contributed by atoms with Crippen LogP contribution in [0, 0.1) is 62.6 Å². The summed E-state index contributed by atoms with van der Waals surface area (Å²) >= 11 is 0. The van der Waals surface area contributed by atoms with Gasteiger partial charge in [0.1, 0.15) is 0 Å². The summed E-state index contributed by atoms with van der Waals surface area (Å²) in [6, 6.07) is 0. The Kier molecular flexibility index (Phi) is 11.1. The van der Waals surface area contributed by atoms with Gasteiger partial charge in [-0.2, -0.15) is 0 Å². The van der Waals surface area contributed by atoms with Crippen LogP contribution in [0.3, 0.4) is 0 Å². The lowest BCUT2D eigenvalue weighted by Crippen LogP contribution is -2.51. The first-order chi connectivity index (χ1) is 21.9. The largest absolute Gasteiger partial charge is 0.388 e. The van der Waals surface area contributed by atoms with Crippen molar-refractivity contribution in [2.45, 2.75) is 159 Å². The molecule has 0 aromatic carbocycles. The van der Waals surface area contributed by atoms with Crippen LogP contribution in [0.15, 0.2) is 35.5 Å². The topological polar surface area (TPSA) is 38.7 Å². The Labute approximate surface area is 290 Å². The first-order valence-corrected chi connectivity index (χ1v) is 19.9. The van der Waals surface area contributed by atoms with Crippen LogP contribution in [0.5, 0.6) is 0 Å². The number of hydrogen-bond donors (Lipinski definition) is 1. The van der Waals surface area contributed by atoms with Gasteiger partial charge in [-0.1, -0.05) is 125 Å². The molecule has 0 aromatic rings. The van der Waals surface area contributed by atoms with Crippen LogP contribution in [-0.4, -0.2) is 37.1 Å². The highest BCUT2D eigenvalue weighted by molar-refractivity contribution is 5.34. The molecule has 3 saturated carbocycles. The van der Waals surface area contributed by atoms with E-state index in [0.29, 0.717) is 36.8 Å². The molecule has 10 atom stereocenters. The lowest BCUT2D eigenvalue weighted by molar-refractivity contribution is -0.0880. The fourth-order valence-corrected chi connectivity index (χ4v) is 11.8. The Hall–Kier alpha value is -0.900. The van der Waals surface area contributed by atoms with E-state index >= 15 is 0 Å². The van der Waals surface area contributed by atoms with Crippen molar-refractivity contribution in [3.8, 4) is 0 Å². The zero-order chi connectivity index (χ0) is 34.4. The molecule has 0 bridgehead atoms. The Morgan fingerprint density at radius 3 is 2.34 bits per heavy atom. The van der Waals surface area contributed by atoms with E-state index in [0.717, 1.165) is 47.5 Å². The maximum Gasteiger partial charge on any atom is 0.0876 e. The average molecular weight is 651 g/mol. The molecule has 1 N–H and O–H groups in total. The molecule has 47 heavy (non-hydrogen) atoms. The number of rotatable bonds is 11. The van der Waals surface area contributed by atoms with Gasteiger partial charge in [-0.25, -0.2) is 0 Å². The molecule has 3 heteroatoms. The number of ether oxygens (including phenoxy) is 2. The molecular weight excluding hydrogens is 576 g/mol. The van der Waals surface area contributed by atoms with E-state index < -0.39 is 11.5 Å². The zero-order valence-corrected chi connectivity index (χ0v) is 32.6. The van der Waals surface area contributed by atoms with Crippen molar-refractivity contribution in [2.24, 2.45) is 62.6 Å². The van der Waals surface area contributed by atoms with Gasteiger partial charge in [0.2, 0.25) is 0 Å². The van der Waals surface area contributed by atoms with E-state index in [-0.39, 0.29) is 10.8 Å². The third-order valence-corrected chi connectivity index (χ3v) is 14.9. The summed E-state index contributed by atoms with van der Waals surface area (Å²) in [5.74, 6) is 5.30. The maximum absolute atomic E-state index is 11.6. The number of aliphatic hydroxyl groups is 1. The zero-order valence-electron chi connectivity index (χ0n) is 32.6. The normalized spacial score (nSPS) is 39.6. The van der Waals surface area contributed by atoms with Gasteiger partial charge >= 0.3 is 0 Å². The molecule has 0 amide bonds. The molecule has 3 nitrogen and oxygen atoms in total. The predicted octanol–water partition coefficient (Wildman–Crippen LogP) is 11.4. The van der Waals surface area contributed by atoms with E-state index in [2.05, 4.69) is 100 Å².